The Hall–Kier alpha value is -4.01. The zero-order valence-corrected chi connectivity index (χ0v) is 22.5. The summed E-state index contributed by atoms with van der Waals surface area (Å²) < 4.78 is 11.2. The minimum Gasteiger partial charge on any atom is -0.458 e. The lowest BCUT2D eigenvalue weighted by Crippen LogP contribution is -2.31. The number of rotatable bonds is 6. The molecule has 3 N–H and O–H groups in total. The second kappa shape index (κ2) is 10.4. The van der Waals surface area contributed by atoms with Gasteiger partial charge in [0.15, 0.2) is 0 Å². The molecule has 8 heteroatoms. The number of aromatic nitrogens is 2. The molecule has 38 heavy (non-hydrogen) atoms. The number of fused-ring (bicyclic) bond motifs is 3. The predicted octanol–water partition coefficient (Wildman–Crippen LogP) is 6.11. The van der Waals surface area contributed by atoms with Crippen LogP contribution in [0.4, 0.5) is 0 Å². The van der Waals surface area contributed by atoms with Crippen molar-refractivity contribution in [1.29, 1.82) is 0 Å². The minimum atomic E-state index is -1.42. The molecule has 8 nitrogen and oxygen atoms in total. The number of hydrogen-bond acceptors (Lipinski definition) is 7. The van der Waals surface area contributed by atoms with Gasteiger partial charge in [-0.25, -0.2) is 20.5 Å². The van der Waals surface area contributed by atoms with Gasteiger partial charge in [0.05, 0.1) is 16.8 Å². The first-order valence-electron chi connectivity index (χ1n) is 12.4. The zero-order chi connectivity index (χ0) is 27.7. The first-order valence-corrected chi connectivity index (χ1v) is 12.4. The van der Waals surface area contributed by atoms with Crippen LogP contribution in [-0.2, 0) is 19.1 Å². The van der Waals surface area contributed by atoms with E-state index in [9.17, 15) is 9.59 Å². The van der Waals surface area contributed by atoms with Crippen molar-refractivity contribution in [2.24, 2.45) is 5.90 Å². The summed E-state index contributed by atoms with van der Waals surface area (Å²) >= 11 is 0. The molecule has 0 spiro atoms. The molecule has 2 aromatic carbocycles. The molecule has 4 aromatic rings. The number of carbonyl (C=O) groups excluding carboxylic acids is 2. The van der Waals surface area contributed by atoms with E-state index in [1.165, 1.54) is 0 Å². The molecule has 2 heterocycles. The molecule has 1 unspecified atom stereocenters. The van der Waals surface area contributed by atoms with E-state index in [2.05, 4.69) is 4.98 Å². The molecule has 0 saturated carbocycles. The number of pyridine rings is 1. The highest BCUT2D eigenvalue weighted by molar-refractivity contribution is 6.15. The van der Waals surface area contributed by atoms with Crippen LogP contribution < -0.4 is 5.90 Å². The summed E-state index contributed by atoms with van der Waals surface area (Å²) in [5.41, 5.74) is 1.00. The average molecular weight is 516 g/mol. The molecule has 0 aliphatic rings. The van der Waals surface area contributed by atoms with Crippen LogP contribution in [0.15, 0.2) is 54.7 Å². The van der Waals surface area contributed by atoms with E-state index >= 15 is 0 Å². The standard InChI is InChI=1S/C30H33N3O5/c1-29(2,3)36-27(34)23-21-15-13-19-17-32-20(14-12-18-10-8-7-9-11-18)16-22(19)24(21)33-25(23)26(38-31)28(35)37-30(4,5)6/h7-17,26,32H,31H2,1-6H3. The van der Waals surface area contributed by atoms with E-state index in [1.54, 1.807) is 47.6 Å². The minimum absolute atomic E-state index is 0.0488. The molecule has 0 aliphatic heterocycles. The van der Waals surface area contributed by atoms with Crippen LogP contribution in [0.3, 0.4) is 0 Å². The summed E-state index contributed by atoms with van der Waals surface area (Å²) in [5.74, 6) is 4.18. The van der Waals surface area contributed by atoms with Gasteiger partial charge >= 0.3 is 11.9 Å². The SMILES string of the molecule is CC(C)(C)OC(=O)c1c(C(ON)C(=O)OC(C)(C)C)nc2c1ccc1c[nH]c(C=Cc3ccccc3)cc12. The molecule has 198 valence electrons. The normalized spacial score (nSPS) is 13.2. The molecule has 0 aliphatic carbocycles. The summed E-state index contributed by atoms with van der Waals surface area (Å²) in [4.78, 5) is 39.5. The Bertz CT molecular complexity index is 1510. The van der Waals surface area contributed by atoms with Crippen molar-refractivity contribution in [3.8, 4) is 0 Å². The Morgan fingerprint density at radius 3 is 2.24 bits per heavy atom. The summed E-state index contributed by atoms with van der Waals surface area (Å²) in [6.45, 7) is 10.5. The Kier molecular flexibility index (Phi) is 7.40. The van der Waals surface area contributed by atoms with Crippen molar-refractivity contribution in [3.05, 3.63) is 77.2 Å². The lowest BCUT2D eigenvalue weighted by atomic mass is 10.0. The molecule has 4 rings (SSSR count). The maximum absolute atomic E-state index is 13.4. The van der Waals surface area contributed by atoms with Crippen molar-refractivity contribution < 1.29 is 23.9 Å². The number of benzene rings is 2. The molecule has 0 amide bonds. The molecule has 0 fully saturated rings. The number of nitrogens with zero attached hydrogens (tertiary/aromatic N) is 1. The molecule has 0 radical (unpaired) electrons. The second-order valence-corrected chi connectivity index (χ2v) is 11.0. The van der Waals surface area contributed by atoms with Crippen LogP contribution >= 0.6 is 0 Å². The van der Waals surface area contributed by atoms with E-state index in [-0.39, 0.29) is 11.3 Å². The van der Waals surface area contributed by atoms with Crippen molar-refractivity contribution in [2.45, 2.75) is 58.8 Å². The molecule has 2 aromatic heterocycles. The first kappa shape index (κ1) is 27.0. The maximum Gasteiger partial charge on any atom is 0.344 e. The number of hydrogen-bond donors (Lipinski definition) is 2. The summed E-state index contributed by atoms with van der Waals surface area (Å²) in [6.07, 6.45) is 4.39. The van der Waals surface area contributed by atoms with Gasteiger partial charge in [-0.1, -0.05) is 48.5 Å². The van der Waals surface area contributed by atoms with E-state index < -0.39 is 29.2 Å². The fourth-order valence-corrected chi connectivity index (χ4v) is 4.06. The van der Waals surface area contributed by atoms with Gasteiger partial charge in [-0.05, 0) is 64.6 Å². The predicted molar refractivity (Wildman–Crippen MR) is 148 cm³/mol. The van der Waals surface area contributed by atoms with Gasteiger partial charge in [0.2, 0.25) is 6.10 Å². The zero-order valence-electron chi connectivity index (χ0n) is 22.5. The molecular weight excluding hydrogens is 482 g/mol. The number of carbonyl (C=O) groups is 2. The third-order valence-corrected chi connectivity index (χ3v) is 5.57. The van der Waals surface area contributed by atoms with Crippen LogP contribution in [-0.4, -0.2) is 33.1 Å². The third-order valence-electron chi connectivity index (χ3n) is 5.57. The Labute approximate surface area is 221 Å². The second-order valence-electron chi connectivity index (χ2n) is 11.0. The highest BCUT2D eigenvalue weighted by atomic mass is 16.7. The Morgan fingerprint density at radius 2 is 1.61 bits per heavy atom. The smallest absolute Gasteiger partial charge is 0.344 e. The summed E-state index contributed by atoms with van der Waals surface area (Å²) in [7, 11) is 0. The van der Waals surface area contributed by atoms with Gasteiger partial charge < -0.3 is 14.5 Å². The number of esters is 2. The van der Waals surface area contributed by atoms with E-state index in [4.69, 9.17) is 25.2 Å². The third kappa shape index (κ3) is 6.10. The van der Waals surface area contributed by atoms with Gasteiger partial charge in [0.1, 0.15) is 11.2 Å². The highest BCUT2D eigenvalue weighted by Crippen LogP contribution is 2.35. The molecule has 0 bridgehead atoms. The number of aromatic amines is 1. The number of H-pyrrole nitrogens is 1. The lowest BCUT2D eigenvalue weighted by molar-refractivity contribution is -0.169. The Morgan fingerprint density at radius 1 is 0.921 bits per heavy atom. The number of nitrogens with one attached hydrogen (secondary N) is 1. The van der Waals surface area contributed by atoms with Crippen molar-refractivity contribution in [1.82, 2.24) is 9.97 Å². The van der Waals surface area contributed by atoms with E-state index in [0.717, 1.165) is 22.0 Å². The first-order chi connectivity index (χ1) is 17.9. The summed E-state index contributed by atoms with van der Waals surface area (Å²) in [5, 5.41) is 2.18. The van der Waals surface area contributed by atoms with Gasteiger partial charge in [-0.3, -0.25) is 4.84 Å². The monoisotopic (exact) mass is 515 g/mol. The van der Waals surface area contributed by atoms with Gasteiger partial charge in [0, 0.05) is 22.7 Å². The van der Waals surface area contributed by atoms with E-state index in [0.29, 0.717) is 10.9 Å². The van der Waals surface area contributed by atoms with Gasteiger partial charge in [-0.2, -0.15) is 0 Å². The van der Waals surface area contributed by atoms with Crippen LogP contribution in [0.25, 0.3) is 33.8 Å². The number of nitrogens with two attached hydrogens (primary N) is 1. The van der Waals surface area contributed by atoms with Crippen LogP contribution in [0.1, 0.15) is 75.0 Å². The van der Waals surface area contributed by atoms with Crippen LogP contribution in [0, 0.1) is 0 Å². The molecule has 0 saturated heterocycles. The summed E-state index contributed by atoms with van der Waals surface area (Å²) in [6, 6.07) is 15.5. The van der Waals surface area contributed by atoms with Crippen LogP contribution in [0.2, 0.25) is 0 Å². The fourth-order valence-electron chi connectivity index (χ4n) is 4.06. The Balaban J connectivity index is 1.90. The quantitative estimate of drug-likeness (QED) is 0.235. The maximum atomic E-state index is 13.4. The lowest BCUT2D eigenvalue weighted by Gasteiger charge is -2.23. The van der Waals surface area contributed by atoms with Crippen molar-refractivity contribution in [3.63, 3.8) is 0 Å². The largest absolute Gasteiger partial charge is 0.458 e. The highest BCUT2D eigenvalue weighted by Gasteiger charge is 2.36. The van der Waals surface area contributed by atoms with Crippen LogP contribution in [0.5, 0.6) is 0 Å². The topological polar surface area (TPSA) is 117 Å². The van der Waals surface area contributed by atoms with Crippen molar-refractivity contribution in [2.75, 3.05) is 0 Å². The molecule has 1 atom stereocenters. The fraction of sp³-hybridized carbons (Fsp3) is 0.300. The molecular formula is C30H33N3O5. The van der Waals surface area contributed by atoms with Crippen molar-refractivity contribution >= 4 is 45.8 Å². The number of ether oxygens (including phenoxy) is 2. The van der Waals surface area contributed by atoms with Gasteiger partial charge in [0.25, 0.3) is 0 Å². The van der Waals surface area contributed by atoms with Gasteiger partial charge in [-0.15, -0.1) is 0 Å². The average Bonchev–Trinajstić information content (AvgIpc) is 3.21. The van der Waals surface area contributed by atoms with E-state index in [1.807, 2.05) is 60.8 Å².